The molecule has 0 bridgehead atoms. The second-order valence-electron chi connectivity index (χ2n) is 11.5. The fraction of sp³-hybridized carbons (Fsp3) is 0.516. The van der Waals surface area contributed by atoms with E-state index in [0.717, 1.165) is 80.8 Å². The van der Waals surface area contributed by atoms with E-state index < -0.39 is 18.9 Å². The van der Waals surface area contributed by atoms with E-state index in [1.54, 1.807) is 24.3 Å². The van der Waals surface area contributed by atoms with E-state index in [2.05, 4.69) is 21.7 Å². The molecule has 8 nitrogen and oxygen atoms in total. The van der Waals surface area contributed by atoms with Gasteiger partial charge in [-0.05, 0) is 99.2 Å². The Labute approximate surface area is 245 Å². The smallest absolute Gasteiger partial charge is 0.210 e. The van der Waals surface area contributed by atoms with Crippen LogP contribution in [-0.2, 0) is 9.84 Å². The van der Waals surface area contributed by atoms with Crippen LogP contribution in [0.1, 0.15) is 45.4 Å². The van der Waals surface area contributed by atoms with Gasteiger partial charge in [0.25, 0.3) is 0 Å². The first-order chi connectivity index (χ1) is 19.8. The van der Waals surface area contributed by atoms with Gasteiger partial charge in [0.1, 0.15) is 10.6 Å². The van der Waals surface area contributed by atoms with Crippen LogP contribution in [0.4, 0.5) is 5.69 Å². The fourth-order valence-electron chi connectivity index (χ4n) is 6.09. The maximum Gasteiger partial charge on any atom is 0.210 e. The van der Waals surface area contributed by atoms with Crippen LogP contribution in [0.5, 0.6) is 5.75 Å². The van der Waals surface area contributed by atoms with Crippen LogP contribution in [0.25, 0.3) is 10.9 Å². The Hall–Kier alpha value is -2.50. The van der Waals surface area contributed by atoms with Crippen molar-refractivity contribution in [2.75, 3.05) is 44.3 Å². The Bertz CT molecular complexity index is 1420. The molecule has 0 saturated carbocycles. The first-order valence-corrected chi connectivity index (χ1v) is 18.7. The van der Waals surface area contributed by atoms with Crippen molar-refractivity contribution in [3.8, 4) is 5.75 Å². The number of unbranched alkanes of at least 4 members (excludes halogenated alkanes) is 1. The third-order valence-corrected chi connectivity index (χ3v) is 11.8. The number of anilines is 1. The Morgan fingerprint density at radius 2 is 1.73 bits per heavy atom. The molecule has 3 heterocycles. The predicted octanol–water partition coefficient (Wildman–Crippen LogP) is 3.47. The van der Waals surface area contributed by atoms with E-state index in [-0.39, 0.29) is 16.4 Å². The lowest BCUT2D eigenvalue weighted by molar-refractivity contribution is 0.0896. The van der Waals surface area contributed by atoms with Gasteiger partial charge in [-0.2, -0.15) is 0 Å². The number of fused-ring (bicyclic) bond motifs is 1. The first-order valence-electron chi connectivity index (χ1n) is 15.0. The topological polar surface area (TPSA) is 103 Å². The largest absolute Gasteiger partial charge is 0.494 e. The average Bonchev–Trinajstić information content (AvgIpc) is 3.00. The zero-order valence-corrected chi connectivity index (χ0v) is 26.2. The second kappa shape index (κ2) is 13.2. The monoisotopic (exact) mass is 597 g/mol. The minimum atomic E-state index is -3.87. The van der Waals surface area contributed by atoms with Gasteiger partial charge in [0.2, 0.25) is 18.9 Å². The Morgan fingerprint density at radius 3 is 2.37 bits per heavy atom. The summed E-state index contributed by atoms with van der Waals surface area (Å²) in [5.74, 6) is 1.07. The fourth-order valence-corrected chi connectivity index (χ4v) is 8.31. The van der Waals surface area contributed by atoms with E-state index in [1.165, 1.54) is 6.20 Å². The molecular formula is C31H43N3O5SSi. The number of hydrogen-bond acceptors (Lipinski definition) is 8. The van der Waals surface area contributed by atoms with Gasteiger partial charge in [-0.3, -0.25) is 4.98 Å². The Kier molecular flexibility index (Phi) is 9.65. The number of likely N-dealkylation sites (tertiary alicyclic amines) is 1. The molecule has 2 saturated heterocycles. The molecule has 1 aromatic heterocycles. The molecule has 0 spiro atoms. The van der Waals surface area contributed by atoms with Crippen molar-refractivity contribution in [3.63, 3.8) is 0 Å². The average molecular weight is 598 g/mol. The summed E-state index contributed by atoms with van der Waals surface area (Å²) in [6.45, 7) is 8.33. The van der Waals surface area contributed by atoms with Gasteiger partial charge >= 0.3 is 0 Å². The lowest BCUT2D eigenvalue weighted by atomic mass is 9.94. The van der Waals surface area contributed by atoms with Crippen molar-refractivity contribution in [1.82, 2.24) is 9.88 Å². The second-order valence-corrected chi connectivity index (χ2v) is 15.4. The van der Waals surface area contributed by atoms with Crippen LogP contribution in [0.3, 0.4) is 0 Å². The summed E-state index contributed by atoms with van der Waals surface area (Å²) in [4.78, 5) is 20.2. The summed E-state index contributed by atoms with van der Waals surface area (Å²) in [5, 5.41) is 11.2. The molecule has 2 aliphatic rings. The minimum Gasteiger partial charge on any atom is -0.494 e. The standard InChI is InChI=1S/C31H43N3O5SSi/c1-3-4-19-39-25-5-7-26(8-6-25)40(36,37)30-21-32-29-10-9-27(41(2)38)20-28(29)31(30)34-17-13-24(14-18-34)33-15-11-23(22-35)12-16-33/h5-10,20-21,23-24,35,38,41H,3-4,11-19,22H2,1-2H3. The lowest BCUT2D eigenvalue weighted by Crippen LogP contribution is -2.48. The van der Waals surface area contributed by atoms with E-state index in [9.17, 15) is 18.3 Å². The van der Waals surface area contributed by atoms with E-state index in [0.29, 0.717) is 30.0 Å². The Balaban J connectivity index is 1.47. The molecule has 0 aliphatic carbocycles. The van der Waals surface area contributed by atoms with Gasteiger partial charge in [0.15, 0.2) is 0 Å². The molecule has 3 aromatic rings. The first kappa shape index (κ1) is 30.0. The number of aliphatic hydroxyl groups excluding tert-OH is 1. The maximum absolute atomic E-state index is 14.1. The summed E-state index contributed by atoms with van der Waals surface area (Å²) in [7, 11) is -5.98. The number of rotatable bonds is 10. The molecule has 5 rings (SSSR count). The summed E-state index contributed by atoms with van der Waals surface area (Å²) in [6.07, 6.45) is 7.43. The summed E-state index contributed by atoms with van der Waals surface area (Å²) < 4.78 is 34.0. The lowest BCUT2D eigenvalue weighted by Gasteiger charge is -2.42. The van der Waals surface area contributed by atoms with Gasteiger partial charge in [-0.15, -0.1) is 0 Å². The molecule has 1 atom stereocenters. The number of sulfone groups is 1. The highest BCUT2D eigenvalue weighted by atomic mass is 32.2. The predicted molar refractivity (Wildman–Crippen MR) is 166 cm³/mol. The molecule has 2 fully saturated rings. The van der Waals surface area contributed by atoms with Gasteiger partial charge in [-0.1, -0.05) is 19.4 Å². The Morgan fingerprint density at radius 1 is 1.02 bits per heavy atom. The molecule has 0 amide bonds. The zero-order valence-electron chi connectivity index (χ0n) is 24.2. The zero-order chi connectivity index (χ0) is 29.0. The molecule has 41 heavy (non-hydrogen) atoms. The molecule has 0 radical (unpaired) electrons. The van der Waals surface area contributed by atoms with Crippen molar-refractivity contribution < 1.29 is 23.1 Å². The van der Waals surface area contributed by atoms with Crippen LogP contribution in [0, 0.1) is 5.92 Å². The number of aromatic nitrogens is 1. The number of benzene rings is 2. The molecule has 2 N–H and O–H groups in total. The summed E-state index contributed by atoms with van der Waals surface area (Å²) in [6, 6.07) is 12.9. The van der Waals surface area contributed by atoms with Crippen molar-refractivity contribution in [1.29, 1.82) is 0 Å². The van der Waals surface area contributed by atoms with Crippen molar-refractivity contribution in [2.45, 2.75) is 67.8 Å². The van der Waals surface area contributed by atoms with Crippen LogP contribution in [-0.4, -0.2) is 82.7 Å². The van der Waals surface area contributed by atoms with Crippen LogP contribution in [0.15, 0.2) is 58.5 Å². The number of nitrogens with zero attached hydrogens (tertiary/aromatic N) is 3. The van der Waals surface area contributed by atoms with Crippen LogP contribution in [0.2, 0.25) is 6.55 Å². The third kappa shape index (κ3) is 6.62. The number of aliphatic hydroxyl groups is 1. The quantitative estimate of drug-likeness (QED) is 0.271. The van der Waals surface area contributed by atoms with E-state index in [4.69, 9.17) is 4.74 Å². The number of piperidine rings is 2. The highest BCUT2D eigenvalue weighted by Crippen LogP contribution is 2.38. The normalized spacial score (nSPS) is 18.6. The number of hydrogen-bond donors (Lipinski definition) is 2. The SMILES string of the molecule is CCCCOc1ccc(S(=O)(=O)c2cnc3ccc([SiH](C)O)cc3c2N2CCC(N3CCC(CO)CC3)CC2)cc1. The van der Waals surface area contributed by atoms with E-state index in [1.807, 2.05) is 24.7 Å². The minimum absolute atomic E-state index is 0.205. The van der Waals surface area contributed by atoms with Gasteiger partial charge in [0.05, 0.1) is 22.7 Å². The van der Waals surface area contributed by atoms with E-state index >= 15 is 0 Å². The molecular weight excluding hydrogens is 555 g/mol. The van der Waals surface area contributed by atoms with Crippen LogP contribution < -0.4 is 14.8 Å². The number of pyridine rings is 1. The highest BCUT2D eigenvalue weighted by Gasteiger charge is 2.32. The van der Waals surface area contributed by atoms with Gasteiger partial charge in [0, 0.05) is 37.3 Å². The molecule has 222 valence electrons. The highest BCUT2D eigenvalue weighted by molar-refractivity contribution is 7.91. The number of ether oxygens (including phenoxy) is 1. The third-order valence-electron chi connectivity index (χ3n) is 8.71. The van der Waals surface area contributed by atoms with Gasteiger partial charge in [-0.25, -0.2) is 8.42 Å². The van der Waals surface area contributed by atoms with Crippen LogP contribution >= 0.6 is 0 Å². The molecule has 10 heteroatoms. The maximum atomic E-state index is 14.1. The van der Waals surface area contributed by atoms with Gasteiger partial charge < -0.3 is 24.4 Å². The van der Waals surface area contributed by atoms with Crippen molar-refractivity contribution in [3.05, 3.63) is 48.7 Å². The summed E-state index contributed by atoms with van der Waals surface area (Å²) in [5.41, 5.74) is 1.41. The van der Waals surface area contributed by atoms with Crippen molar-refractivity contribution in [2.24, 2.45) is 5.92 Å². The molecule has 2 aromatic carbocycles. The van der Waals surface area contributed by atoms with Crippen molar-refractivity contribution >= 4 is 40.7 Å². The molecule has 1 unspecified atom stereocenters. The molecule has 2 aliphatic heterocycles. The summed E-state index contributed by atoms with van der Waals surface area (Å²) >= 11 is 0.